The molecule has 1 N–H and O–H groups in total. The van der Waals surface area contributed by atoms with Crippen LogP contribution in [0.3, 0.4) is 0 Å². The van der Waals surface area contributed by atoms with Crippen LogP contribution in [0.15, 0.2) is 47.1 Å². The molecule has 96 valence electrons. The van der Waals surface area contributed by atoms with E-state index in [1.165, 1.54) is 18.5 Å². The van der Waals surface area contributed by atoms with Gasteiger partial charge < -0.3 is 9.52 Å². The zero-order valence-corrected chi connectivity index (χ0v) is 10.4. The molecule has 0 spiro atoms. The SMILES string of the molecule is OC(c1cc2cccc(F)c2o1)c1ccncc1Cl. The molecule has 0 aliphatic heterocycles. The summed E-state index contributed by atoms with van der Waals surface area (Å²) in [5.74, 6) is -0.218. The number of hydrogen-bond donors (Lipinski definition) is 1. The van der Waals surface area contributed by atoms with Gasteiger partial charge in [0.15, 0.2) is 11.4 Å². The van der Waals surface area contributed by atoms with E-state index in [0.29, 0.717) is 16.0 Å². The molecule has 0 amide bonds. The molecule has 0 radical (unpaired) electrons. The summed E-state index contributed by atoms with van der Waals surface area (Å²) in [4.78, 5) is 3.84. The first-order valence-corrected chi connectivity index (χ1v) is 6.00. The summed E-state index contributed by atoms with van der Waals surface area (Å²) < 4.78 is 18.9. The fourth-order valence-electron chi connectivity index (χ4n) is 1.94. The molecule has 0 fully saturated rings. The van der Waals surface area contributed by atoms with Crippen molar-refractivity contribution in [2.45, 2.75) is 6.10 Å². The molecular formula is C14H9ClFNO2. The molecule has 5 heteroatoms. The summed E-state index contributed by atoms with van der Waals surface area (Å²) in [6.07, 6.45) is 1.90. The Kier molecular flexibility index (Phi) is 2.97. The van der Waals surface area contributed by atoms with Crippen molar-refractivity contribution in [2.24, 2.45) is 0 Å². The van der Waals surface area contributed by atoms with Crippen LogP contribution < -0.4 is 0 Å². The number of halogens is 2. The van der Waals surface area contributed by atoms with Gasteiger partial charge in [0.05, 0.1) is 5.02 Å². The average Bonchev–Trinajstić information content (AvgIpc) is 2.84. The molecule has 0 saturated carbocycles. The predicted molar refractivity (Wildman–Crippen MR) is 69.5 cm³/mol. The highest BCUT2D eigenvalue weighted by molar-refractivity contribution is 6.31. The van der Waals surface area contributed by atoms with Gasteiger partial charge in [-0.25, -0.2) is 4.39 Å². The van der Waals surface area contributed by atoms with Gasteiger partial charge in [0.2, 0.25) is 0 Å². The van der Waals surface area contributed by atoms with Crippen LogP contribution in [0.5, 0.6) is 0 Å². The first kappa shape index (κ1) is 12.1. The molecule has 2 heterocycles. The smallest absolute Gasteiger partial charge is 0.170 e. The summed E-state index contributed by atoms with van der Waals surface area (Å²) in [5.41, 5.74) is 0.595. The minimum absolute atomic E-state index is 0.127. The van der Waals surface area contributed by atoms with Crippen molar-refractivity contribution in [3.8, 4) is 0 Å². The van der Waals surface area contributed by atoms with E-state index in [4.69, 9.17) is 16.0 Å². The Hall–Kier alpha value is -1.91. The van der Waals surface area contributed by atoms with Gasteiger partial charge in [0.1, 0.15) is 11.9 Å². The van der Waals surface area contributed by atoms with Crippen LogP contribution in [0.2, 0.25) is 5.02 Å². The number of aliphatic hydroxyl groups is 1. The summed E-state index contributed by atoms with van der Waals surface area (Å²) in [6, 6.07) is 7.80. The minimum atomic E-state index is -1.05. The number of pyridine rings is 1. The Bertz CT molecular complexity index is 741. The van der Waals surface area contributed by atoms with E-state index in [0.717, 1.165) is 0 Å². The predicted octanol–water partition coefficient (Wildman–Crippen LogP) is 3.70. The molecule has 3 rings (SSSR count). The van der Waals surface area contributed by atoms with Gasteiger partial charge in [-0.3, -0.25) is 4.98 Å². The Morgan fingerprint density at radius 2 is 2.16 bits per heavy atom. The second kappa shape index (κ2) is 4.64. The van der Waals surface area contributed by atoms with Crippen molar-refractivity contribution >= 4 is 22.6 Å². The highest BCUT2D eigenvalue weighted by atomic mass is 35.5. The topological polar surface area (TPSA) is 46.3 Å². The lowest BCUT2D eigenvalue weighted by molar-refractivity contribution is 0.192. The number of nitrogens with zero attached hydrogens (tertiary/aromatic N) is 1. The molecule has 1 atom stereocenters. The number of aromatic nitrogens is 1. The number of hydrogen-bond acceptors (Lipinski definition) is 3. The van der Waals surface area contributed by atoms with Gasteiger partial charge in [0, 0.05) is 23.3 Å². The Balaban J connectivity index is 2.10. The van der Waals surface area contributed by atoms with Crippen LogP contribution in [0.4, 0.5) is 4.39 Å². The quantitative estimate of drug-likeness (QED) is 0.777. The van der Waals surface area contributed by atoms with Crippen molar-refractivity contribution in [1.29, 1.82) is 0 Å². The number of rotatable bonds is 2. The number of para-hydroxylation sites is 1. The van der Waals surface area contributed by atoms with E-state index in [1.54, 1.807) is 24.3 Å². The molecule has 1 aromatic carbocycles. The maximum atomic E-state index is 13.5. The second-order valence-corrected chi connectivity index (χ2v) is 4.51. The van der Waals surface area contributed by atoms with E-state index >= 15 is 0 Å². The molecule has 0 saturated heterocycles. The van der Waals surface area contributed by atoms with E-state index in [-0.39, 0.29) is 11.3 Å². The van der Waals surface area contributed by atoms with Crippen LogP contribution in [-0.2, 0) is 0 Å². The number of furan rings is 1. The molecule has 1 unspecified atom stereocenters. The average molecular weight is 278 g/mol. The summed E-state index contributed by atoms with van der Waals surface area (Å²) in [5, 5.41) is 11.2. The molecule has 19 heavy (non-hydrogen) atoms. The maximum Gasteiger partial charge on any atom is 0.170 e. The third-order valence-corrected chi connectivity index (χ3v) is 3.20. The summed E-state index contributed by atoms with van der Waals surface area (Å²) >= 11 is 5.96. The fourth-order valence-corrected chi connectivity index (χ4v) is 2.17. The summed E-state index contributed by atoms with van der Waals surface area (Å²) in [6.45, 7) is 0. The third-order valence-electron chi connectivity index (χ3n) is 2.88. The lowest BCUT2D eigenvalue weighted by Crippen LogP contribution is -1.99. The van der Waals surface area contributed by atoms with Crippen LogP contribution in [0.1, 0.15) is 17.4 Å². The van der Waals surface area contributed by atoms with Crippen LogP contribution in [0, 0.1) is 5.82 Å². The van der Waals surface area contributed by atoms with Gasteiger partial charge in [-0.05, 0) is 18.2 Å². The van der Waals surface area contributed by atoms with Gasteiger partial charge in [-0.2, -0.15) is 0 Å². The Morgan fingerprint density at radius 3 is 2.89 bits per heavy atom. The third kappa shape index (κ3) is 2.09. The zero-order valence-electron chi connectivity index (χ0n) is 9.68. The van der Waals surface area contributed by atoms with E-state index in [2.05, 4.69) is 4.98 Å². The van der Waals surface area contributed by atoms with Gasteiger partial charge in [0.25, 0.3) is 0 Å². The van der Waals surface area contributed by atoms with Crippen molar-refractivity contribution in [2.75, 3.05) is 0 Å². The normalized spacial score (nSPS) is 12.8. The van der Waals surface area contributed by atoms with Crippen molar-refractivity contribution in [3.63, 3.8) is 0 Å². The second-order valence-electron chi connectivity index (χ2n) is 4.11. The molecule has 0 aliphatic carbocycles. The van der Waals surface area contributed by atoms with E-state index in [9.17, 15) is 9.50 Å². The standard InChI is InChI=1S/C14H9ClFNO2/c15-10-7-17-5-4-9(10)13(18)12-6-8-2-1-3-11(16)14(8)19-12/h1-7,13,18H. The highest BCUT2D eigenvalue weighted by Gasteiger charge is 2.19. The lowest BCUT2D eigenvalue weighted by Gasteiger charge is -2.08. The molecule has 2 aromatic heterocycles. The Labute approximate surface area is 113 Å². The zero-order chi connectivity index (χ0) is 13.4. The molecular weight excluding hydrogens is 269 g/mol. The number of aliphatic hydroxyl groups excluding tert-OH is 1. The first-order chi connectivity index (χ1) is 9.16. The number of benzene rings is 1. The molecule has 3 nitrogen and oxygen atoms in total. The minimum Gasteiger partial charge on any atom is -0.455 e. The summed E-state index contributed by atoms with van der Waals surface area (Å²) in [7, 11) is 0. The molecule has 0 aliphatic rings. The van der Waals surface area contributed by atoms with Crippen molar-refractivity contribution in [3.05, 3.63) is 64.9 Å². The van der Waals surface area contributed by atoms with Crippen LogP contribution in [-0.4, -0.2) is 10.1 Å². The van der Waals surface area contributed by atoms with E-state index < -0.39 is 11.9 Å². The highest BCUT2D eigenvalue weighted by Crippen LogP contribution is 2.32. The van der Waals surface area contributed by atoms with Gasteiger partial charge in [-0.15, -0.1) is 0 Å². The largest absolute Gasteiger partial charge is 0.455 e. The van der Waals surface area contributed by atoms with Gasteiger partial charge >= 0.3 is 0 Å². The monoisotopic (exact) mass is 277 g/mol. The molecule has 3 aromatic rings. The van der Waals surface area contributed by atoms with Crippen LogP contribution in [0.25, 0.3) is 11.0 Å². The lowest BCUT2D eigenvalue weighted by atomic mass is 10.1. The molecule has 0 bridgehead atoms. The van der Waals surface area contributed by atoms with E-state index in [1.807, 2.05) is 0 Å². The fraction of sp³-hybridized carbons (Fsp3) is 0.0714. The van der Waals surface area contributed by atoms with Crippen LogP contribution >= 0.6 is 11.6 Å². The first-order valence-electron chi connectivity index (χ1n) is 5.62. The van der Waals surface area contributed by atoms with Crippen molar-refractivity contribution in [1.82, 2.24) is 4.98 Å². The van der Waals surface area contributed by atoms with Gasteiger partial charge in [-0.1, -0.05) is 23.7 Å². The van der Waals surface area contributed by atoms with Crippen molar-refractivity contribution < 1.29 is 13.9 Å². The Morgan fingerprint density at radius 1 is 1.32 bits per heavy atom. The maximum absolute atomic E-state index is 13.5. The number of fused-ring (bicyclic) bond motifs is 1.